The van der Waals surface area contributed by atoms with E-state index in [-0.39, 0.29) is 0 Å². The maximum absolute atomic E-state index is 5.07. The number of fused-ring (bicyclic) bond motifs is 1. The van der Waals surface area contributed by atoms with E-state index in [9.17, 15) is 0 Å². The van der Waals surface area contributed by atoms with Crippen molar-refractivity contribution in [3.8, 4) is 0 Å². The van der Waals surface area contributed by atoms with Crippen LogP contribution in [0.5, 0.6) is 0 Å². The molecule has 1 aliphatic rings. The minimum Gasteiger partial charge on any atom is -0.352 e. The van der Waals surface area contributed by atoms with Gasteiger partial charge in [0.05, 0.1) is 11.9 Å². The predicted molar refractivity (Wildman–Crippen MR) is 120 cm³/mol. The van der Waals surface area contributed by atoms with Crippen LogP contribution < -0.4 is 9.80 Å². The van der Waals surface area contributed by atoms with Gasteiger partial charge in [0.2, 0.25) is 0 Å². The molecule has 0 N–H and O–H groups in total. The maximum Gasteiger partial charge on any atom is 0.185 e. The predicted octanol–water partition coefficient (Wildman–Crippen LogP) is 3.93. The Bertz CT molecular complexity index is 924. The van der Waals surface area contributed by atoms with Crippen molar-refractivity contribution in [2.75, 3.05) is 49.1 Å². The molecule has 1 saturated heterocycles. The normalized spacial score (nSPS) is 15.2. The minimum atomic E-state index is 0.811. The van der Waals surface area contributed by atoms with Gasteiger partial charge in [0.1, 0.15) is 16.5 Å². The summed E-state index contributed by atoms with van der Waals surface area (Å²) >= 11 is 3.51. The first-order chi connectivity index (χ1) is 13.6. The van der Waals surface area contributed by atoms with Gasteiger partial charge in [0.15, 0.2) is 5.13 Å². The first-order valence-electron chi connectivity index (χ1n) is 9.99. The molecular formula is C20H28N6S2. The second-order valence-corrected chi connectivity index (χ2v) is 9.25. The zero-order valence-corrected chi connectivity index (χ0v) is 18.7. The van der Waals surface area contributed by atoms with Crippen LogP contribution >= 0.6 is 22.7 Å². The molecule has 150 valence electrons. The van der Waals surface area contributed by atoms with Crippen molar-refractivity contribution < 1.29 is 0 Å². The average molecular weight is 417 g/mol. The molecule has 0 atom stereocenters. The highest BCUT2D eigenvalue weighted by atomic mass is 32.1. The number of anilines is 2. The molecule has 28 heavy (non-hydrogen) atoms. The molecule has 0 bridgehead atoms. The average Bonchev–Trinajstić information content (AvgIpc) is 3.35. The Kier molecular flexibility index (Phi) is 5.80. The van der Waals surface area contributed by atoms with E-state index >= 15 is 0 Å². The molecule has 4 heterocycles. The molecule has 1 fully saturated rings. The number of rotatable bonds is 6. The highest BCUT2D eigenvalue weighted by molar-refractivity contribution is 7.18. The number of hydrogen-bond acceptors (Lipinski definition) is 8. The van der Waals surface area contributed by atoms with E-state index in [2.05, 4.69) is 47.4 Å². The van der Waals surface area contributed by atoms with E-state index in [1.165, 1.54) is 15.8 Å². The monoisotopic (exact) mass is 416 g/mol. The summed E-state index contributed by atoms with van der Waals surface area (Å²) in [4.78, 5) is 24.1. The van der Waals surface area contributed by atoms with Crippen LogP contribution in [0, 0.1) is 13.8 Å². The van der Waals surface area contributed by atoms with Crippen molar-refractivity contribution >= 4 is 43.8 Å². The molecule has 8 heteroatoms. The van der Waals surface area contributed by atoms with E-state index in [1.54, 1.807) is 22.7 Å². The van der Waals surface area contributed by atoms with Crippen molar-refractivity contribution in [2.24, 2.45) is 0 Å². The number of aromatic nitrogens is 3. The zero-order chi connectivity index (χ0) is 19.7. The molecule has 1 aliphatic heterocycles. The van der Waals surface area contributed by atoms with Crippen LogP contribution in [-0.4, -0.2) is 59.1 Å². The second kappa shape index (κ2) is 8.31. The molecule has 4 rings (SSSR count). The smallest absolute Gasteiger partial charge is 0.185 e. The number of thiazole rings is 1. The summed E-state index contributed by atoms with van der Waals surface area (Å²) in [5.41, 5.74) is 1.33. The molecular weight excluding hydrogens is 388 g/mol. The van der Waals surface area contributed by atoms with E-state index in [4.69, 9.17) is 9.97 Å². The summed E-state index contributed by atoms with van der Waals surface area (Å²) in [7, 11) is 0. The Morgan fingerprint density at radius 2 is 1.75 bits per heavy atom. The van der Waals surface area contributed by atoms with Crippen LogP contribution in [0.3, 0.4) is 0 Å². The van der Waals surface area contributed by atoms with Gasteiger partial charge < -0.3 is 9.80 Å². The molecule has 0 aromatic carbocycles. The standard InChI is InChI=1S/C20H28N6S2/c1-5-24(6-2)13-16-22-18(17-14(3)15(4)28-19(17)23-16)25-8-10-26(11-9-25)20-21-7-12-27-20/h7,12H,5-6,8-11,13H2,1-4H3. The van der Waals surface area contributed by atoms with Gasteiger partial charge >= 0.3 is 0 Å². The Morgan fingerprint density at radius 1 is 1.04 bits per heavy atom. The summed E-state index contributed by atoms with van der Waals surface area (Å²) in [6.07, 6.45) is 1.89. The third-order valence-electron chi connectivity index (χ3n) is 5.58. The lowest BCUT2D eigenvalue weighted by molar-refractivity contribution is 0.288. The van der Waals surface area contributed by atoms with Crippen LogP contribution in [0.2, 0.25) is 0 Å². The lowest BCUT2D eigenvalue weighted by Crippen LogP contribution is -2.47. The first-order valence-corrected chi connectivity index (χ1v) is 11.7. The minimum absolute atomic E-state index is 0.811. The van der Waals surface area contributed by atoms with Gasteiger partial charge in [-0.05, 0) is 32.5 Å². The summed E-state index contributed by atoms with van der Waals surface area (Å²) < 4.78 is 0. The molecule has 0 aliphatic carbocycles. The van der Waals surface area contributed by atoms with E-state index < -0.39 is 0 Å². The van der Waals surface area contributed by atoms with Crippen LogP contribution in [0.1, 0.15) is 30.1 Å². The van der Waals surface area contributed by atoms with Gasteiger partial charge in [0, 0.05) is 42.6 Å². The Labute approximate surface area is 174 Å². The fourth-order valence-electron chi connectivity index (χ4n) is 3.70. The van der Waals surface area contributed by atoms with Crippen molar-refractivity contribution in [1.82, 2.24) is 19.9 Å². The number of hydrogen-bond donors (Lipinski definition) is 0. The zero-order valence-electron chi connectivity index (χ0n) is 17.1. The van der Waals surface area contributed by atoms with Gasteiger partial charge in [-0.15, -0.1) is 22.7 Å². The molecule has 0 unspecified atom stereocenters. The summed E-state index contributed by atoms with van der Waals surface area (Å²) in [6, 6.07) is 0. The molecule has 0 spiro atoms. The molecule has 0 saturated carbocycles. The highest BCUT2D eigenvalue weighted by Crippen LogP contribution is 2.35. The number of thiophene rings is 1. The summed E-state index contributed by atoms with van der Waals surface area (Å²) in [5.74, 6) is 2.06. The van der Waals surface area contributed by atoms with Crippen LogP contribution in [0.4, 0.5) is 10.9 Å². The topological polar surface area (TPSA) is 48.4 Å². The quantitative estimate of drug-likeness (QED) is 0.607. The van der Waals surface area contributed by atoms with Gasteiger partial charge in [-0.25, -0.2) is 15.0 Å². The molecule has 0 radical (unpaired) electrons. The molecule has 3 aromatic heterocycles. The van der Waals surface area contributed by atoms with E-state index in [0.717, 1.165) is 67.4 Å². The second-order valence-electron chi connectivity index (χ2n) is 7.18. The van der Waals surface area contributed by atoms with Gasteiger partial charge in [0.25, 0.3) is 0 Å². The third kappa shape index (κ3) is 3.73. The fourth-order valence-corrected chi connectivity index (χ4v) is 5.44. The fraction of sp³-hybridized carbons (Fsp3) is 0.550. The van der Waals surface area contributed by atoms with E-state index in [1.807, 2.05) is 11.6 Å². The van der Waals surface area contributed by atoms with Crippen molar-refractivity contribution in [2.45, 2.75) is 34.2 Å². The lowest BCUT2D eigenvalue weighted by atomic mass is 10.2. The van der Waals surface area contributed by atoms with Gasteiger partial charge in [-0.2, -0.15) is 0 Å². The Hall–Kier alpha value is -1.77. The van der Waals surface area contributed by atoms with Crippen molar-refractivity contribution in [1.29, 1.82) is 0 Å². The van der Waals surface area contributed by atoms with Gasteiger partial charge in [-0.1, -0.05) is 13.8 Å². The molecule has 0 amide bonds. The van der Waals surface area contributed by atoms with Gasteiger partial charge in [-0.3, -0.25) is 4.90 Å². The lowest BCUT2D eigenvalue weighted by Gasteiger charge is -2.35. The first kappa shape index (κ1) is 19.5. The van der Waals surface area contributed by atoms with Crippen molar-refractivity contribution in [3.05, 3.63) is 27.8 Å². The Balaban J connectivity index is 1.65. The van der Waals surface area contributed by atoms with Crippen LogP contribution in [0.15, 0.2) is 11.6 Å². The van der Waals surface area contributed by atoms with Crippen LogP contribution in [0.25, 0.3) is 10.2 Å². The Morgan fingerprint density at radius 3 is 2.39 bits per heavy atom. The van der Waals surface area contributed by atoms with Crippen molar-refractivity contribution in [3.63, 3.8) is 0 Å². The third-order valence-corrected chi connectivity index (χ3v) is 7.52. The SMILES string of the molecule is CCN(CC)Cc1nc(N2CCN(c3nccs3)CC2)c2c(C)c(C)sc2n1. The molecule has 3 aromatic rings. The summed E-state index contributed by atoms with van der Waals surface area (Å²) in [6.45, 7) is 15.5. The highest BCUT2D eigenvalue weighted by Gasteiger charge is 2.24. The molecule has 6 nitrogen and oxygen atoms in total. The largest absolute Gasteiger partial charge is 0.352 e. The van der Waals surface area contributed by atoms with E-state index in [0.29, 0.717) is 0 Å². The number of nitrogens with zero attached hydrogens (tertiary/aromatic N) is 6. The number of aryl methyl sites for hydroxylation is 2. The maximum atomic E-state index is 5.07. The van der Waals surface area contributed by atoms with Crippen LogP contribution in [-0.2, 0) is 6.54 Å². The summed E-state index contributed by atoms with van der Waals surface area (Å²) in [5, 5.41) is 4.41. The number of piperazine rings is 1.